The first-order chi connectivity index (χ1) is 7.27. The van der Waals surface area contributed by atoms with Crippen LogP contribution in [0.25, 0.3) is 0 Å². The normalized spacial score (nSPS) is 15.6. The summed E-state index contributed by atoms with van der Waals surface area (Å²) in [7, 11) is 2.12. The molecular weight excluding hydrogens is 208 g/mol. The van der Waals surface area contributed by atoms with Crippen LogP contribution >= 0.6 is 11.3 Å². The van der Waals surface area contributed by atoms with Gasteiger partial charge in [0.15, 0.2) is 0 Å². The summed E-state index contributed by atoms with van der Waals surface area (Å²) in [4.78, 5) is 14.7. The first-order valence-corrected chi connectivity index (χ1v) is 6.17. The van der Waals surface area contributed by atoms with Crippen molar-refractivity contribution in [2.24, 2.45) is 0 Å². The lowest BCUT2D eigenvalue weighted by atomic mass is 10.4. The Balaban J connectivity index is 1.67. The quantitative estimate of drug-likeness (QED) is 0.823. The summed E-state index contributed by atoms with van der Waals surface area (Å²) in [5, 5.41) is 4.85. The van der Waals surface area contributed by atoms with E-state index in [1.807, 2.05) is 17.5 Å². The van der Waals surface area contributed by atoms with Gasteiger partial charge in [-0.25, -0.2) is 0 Å². The summed E-state index contributed by atoms with van der Waals surface area (Å²) < 4.78 is 0. The van der Waals surface area contributed by atoms with E-state index in [0.29, 0.717) is 0 Å². The number of nitrogens with one attached hydrogen (secondary N) is 1. The van der Waals surface area contributed by atoms with Gasteiger partial charge in [-0.3, -0.25) is 4.79 Å². The van der Waals surface area contributed by atoms with Crippen molar-refractivity contribution in [1.29, 1.82) is 0 Å². The monoisotopic (exact) mass is 224 g/mol. The highest BCUT2D eigenvalue weighted by Gasteiger charge is 2.25. The standard InChI is InChI=1S/C11H16N2OS/c1-13(9-4-5-9)7-6-12-11(14)10-3-2-8-15-10/h2-3,8-9H,4-7H2,1H3,(H,12,14). The molecule has 1 aromatic rings. The van der Waals surface area contributed by atoms with Crippen molar-refractivity contribution in [1.82, 2.24) is 10.2 Å². The topological polar surface area (TPSA) is 32.3 Å². The van der Waals surface area contributed by atoms with Gasteiger partial charge in [0, 0.05) is 19.1 Å². The van der Waals surface area contributed by atoms with E-state index in [1.165, 1.54) is 24.2 Å². The van der Waals surface area contributed by atoms with Gasteiger partial charge in [0.1, 0.15) is 0 Å². The van der Waals surface area contributed by atoms with Crippen LogP contribution in [0.1, 0.15) is 22.5 Å². The number of amides is 1. The van der Waals surface area contributed by atoms with E-state index in [4.69, 9.17) is 0 Å². The van der Waals surface area contributed by atoms with E-state index in [0.717, 1.165) is 24.0 Å². The number of carbonyl (C=O) groups excluding carboxylic acids is 1. The van der Waals surface area contributed by atoms with E-state index in [9.17, 15) is 4.79 Å². The molecular formula is C11H16N2OS. The Morgan fingerprint density at radius 2 is 2.47 bits per heavy atom. The van der Waals surface area contributed by atoms with Gasteiger partial charge >= 0.3 is 0 Å². The van der Waals surface area contributed by atoms with Gasteiger partial charge in [-0.1, -0.05) is 6.07 Å². The lowest BCUT2D eigenvalue weighted by Crippen LogP contribution is -2.33. The van der Waals surface area contributed by atoms with Crippen LogP contribution in [0.3, 0.4) is 0 Å². The zero-order valence-corrected chi connectivity index (χ0v) is 9.72. The number of nitrogens with zero attached hydrogens (tertiary/aromatic N) is 1. The predicted molar refractivity (Wildman–Crippen MR) is 62.3 cm³/mol. The van der Waals surface area contributed by atoms with Crippen LogP contribution in [0.15, 0.2) is 17.5 Å². The van der Waals surface area contributed by atoms with Crippen LogP contribution in [-0.4, -0.2) is 37.0 Å². The van der Waals surface area contributed by atoms with Gasteiger partial charge in [-0.15, -0.1) is 11.3 Å². The molecule has 0 bridgehead atoms. The number of rotatable bonds is 5. The van der Waals surface area contributed by atoms with Gasteiger partial charge in [0.25, 0.3) is 5.91 Å². The molecule has 1 N–H and O–H groups in total. The van der Waals surface area contributed by atoms with Crippen molar-refractivity contribution in [3.8, 4) is 0 Å². The number of carbonyl (C=O) groups is 1. The van der Waals surface area contributed by atoms with Gasteiger partial charge in [0.05, 0.1) is 4.88 Å². The molecule has 1 aliphatic rings. The minimum Gasteiger partial charge on any atom is -0.350 e. The summed E-state index contributed by atoms with van der Waals surface area (Å²) in [6.45, 7) is 1.69. The Labute approximate surface area is 94.1 Å². The van der Waals surface area contributed by atoms with Crippen molar-refractivity contribution < 1.29 is 4.79 Å². The molecule has 0 aliphatic heterocycles. The fourth-order valence-corrected chi connectivity index (χ4v) is 2.18. The third-order valence-electron chi connectivity index (χ3n) is 2.67. The van der Waals surface area contributed by atoms with E-state index >= 15 is 0 Å². The van der Waals surface area contributed by atoms with E-state index in [-0.39, 0.29) is 5.91 Å². The molecule has 1 saturated carbocycles. The molecule has 1 aromatic heterocycles. The number of hydrogen-bond donors (Lipinski definition) is 1. The first-order valence-electron chi connectivity index (χ1n) is 5.29. The molecule has 0 spiro atoms. The summed E-state index contributed by atoms with van der Waals surface area (Å²) in [6.07, 6.45) is 2.63. The molecule has 0 radical (unpaired) electrons. The predicted octanol–water partition coefficient (Wildman–Crippen LogP) is 1.57. The average molecular weight is 224 g/mol. The van der Waals surface area contributed by atoms with Gasteiger partial charge < -0.3 is 10.2 Å². The van der Waals surface area contributed by atoms with E-state index < -0.39 is 0 Å². The van der Waals surface area contributed by atoms with Crippen LogP contribution < -0.4 is 5.32 Å². The number of hydrogen-bond acceptors (Lipinski definition) is 3. The summed E-state index contributed by atoms with van der Waals surface area (Å²) in [5.74, 6) is 0.0502. The highest BCUT2D eigenvalue weighted by molar-refractivity contribution is 7.12. The minimum absolute atomic E-state index is 0.0502. The maximum atomic E-state index is 11.6. The molecule has 0 atom stereocenters. The van der Waals surface area contributed by atoms with Crippen molar-refractivity contribution >= 4 is 17.2 Å². The Morgan fingerprint density at radius 1 is 1.67 bits per heavy atom. The molecule has 1 amide bonds. The molecule has 0 saturated heterocycles. The van der Waals surface area contributed by atoms with Crippen LogP contribution in [0, 0.1) is 0 Å². The van der Waals surface area contributed by atoms with Crippen molar-refractivity contribution in [2.75, 3.05) is 20.1 Å². The molecule has 15 heavy (non-hydrogen) atoms. The second-order valence-electron chi connectivity index (χ2n) is 3.94. The Bertz CT molecular complexity index is 319. The smallest absolute Gasteiger partial charge is 0.261 e. The minimum atomic E-state index is 0.0502. The highest BCUT2D eigenvalue weighted by atomic mass is 32.1. The molecule has 1 fully saturated rings. The third kappa shape index (κ3) is 3.04. The molecule has 0 aromatic carbocycles. The molecule has 3 nitrogen and oxygen atoms in total. The van der Waals surface area contributed by atoms with Crippen molar-refractivity contribution in [3.63, 3.8) is 0 Å². The third-order valence-corrected chi connectivity index (χ3v) is 3.53. The van der Waals surface area contributed by atoms with Crippen molar-refractivity contribution in [3.05, 3.63) is 22.4 Å². The van der Waals surface area contributed by atoms with Gasteiger partial charge in [-0.05, 0) is 31.3 Å². The molecule has 82 valence electrons. The fraction of sp³-hybridized carbons (Fsp3) is 0.545. The van der Waals surface area contributed by atoms with Crippen LogP contribution in [0.4, 0.5) is 0 Å². The van der Waals surface area contributed by atoms with Gasteiger partial charge in [0.2, 0.25) is 0 Å². The SMILES string of the molecule is CN(CCNC(=O)c1cccs1)C1CC1. The summed E-state index contributed by atoms with van der Waals surface area (Å²) in [5.41, 5.74) is 0. The van der Waals surface area contributed by atoms with E-state index in [2.05, 4.69) is 17.3 Å². The maximum absolute atomic E-state index is 11.6. The van der Waals surface area contributed by atoms with E-state index in [1.54, 1.807) is 0 Å². The Hall–Kier alpha value is -0.870. The average Bonchev–Trinajstić information content (AvgIpc) is 2.93. The van der Waals surface area contributed by atoms with Gasteiger partial charge in [-0.2, -0.15) is 0 Å². The molecule has 4 heteroatoms. The lowest BCUT2D eigenvalue weighted by Gasteiger charge is -2.15. The maximum Gasteiger partial charge on any atom is 0.261 e. The highest BCUT2D eigenvalue weighted by Crippen LogP contribution is 2.24. The summed E-state index contributed by atoms with van der Waals surface area (Å²) >= 11 is 1.48. The van der Waals surface area contributed by atoms with Crippen molar-refractivity contribution in [2.45, 2.75) is 18.9 Å². The molecule has 1 heterocycles. The zero-order valence-electron chi connectivity index (χ0n) is 8.90. The zero-order chi connectivity index (χ0) is 10.7. The Morgan fingerprint density at radius 3 is 3.07 bits per heavy atom. The summed E-state index contributed by atoms with van der Waals surface area (Å²) in [6, 6.07) is 4.52. The molecule has 1 aliphatic carbocycles. The first kappa shape index (κ1) is 10.6. The van der Waals surface area contributed by atoms with Crippen LogP contribution in [0.5, 0.6) is 0 Å². The largest absolute Gasteiger partial charge is 0.350 e. The molecule has 2 rings (SSSR count). The number of thiophene rings is 1. The van der Waals surface area contributed by atoms with Crippen LogP contribution in [-0.2, 0) is 0 Å². The van der Waals surface area contributed by atoms with Crippen LogP contribution in [0.2, 0.25) is 0 Å². The second-order valence-corrected chi connectivity index (χ2v) is 4.89. The Kier molecular flexibility index (Phi) is 3.38. The lowest BCUT2D eigenvalue weighted by molar-refractivity contribution is 0.0953. The number of likely N-dealkylation sites (N-methyl/N-ethyl adjacent to an activating group) is 1. The molecule has 0 unspecified atom stereocenters. The fourth-order valence-electron chi connectivity index (χ4n) is 1.54. The second kappa shape index (κ2) is 4.77.